The number of hydrogen-bond acceptors (Lipinski definition) is 10. The summed E-state index contributed by atoms with van der Waals surface area (Å²) < 4.78 is 5.24. The van der Waals surface area contributed by atoms with Crippen LogP contribution >= 0.6 is 0 Å². The summed E-state index contributed by atoms with van der Waals surface area (Å²) in [5.41, 5.74) is 0. The Kier molecular flexibility index (Phi) is 14.3. The number of carbonyl (C=O) groups is 2. The summed E-state index contributed by atoms with van der Waals surface area (Å²) in [5, 5.41) is 68.2. The molecule has 7 N–H and O–H groups in total. The molecule has 0 rings (SSSR count). The lowest BCUT2D eigenvalue weighted by atomic mass is 9.96. The average molecular weight is 453 g/mol. The standard InChI is InChI=1S/C21H40O10/c1-11(2)16(25)9-15(10-20(29)18(27)6-13(4)23)31-21(30)8-14(24)7-19(28)17(26)5-12(3)22/h11-15,17-20,22-24,26-29H,5-10H2,1-4H3. The molecule has 0 fully saturated rings. The van der Waals surface area contributed by atoms with Gasteiger partial charge >= 0.3 is 5.97 Å². The zero-order valence-corrected chi connectivity index (χ0v) is 18.8. The van der Waals surface area contributed by atoms with Crippen LogP contribution in [-0.4, -0.2) is 96.3 Å². The maximum Gasteiger partial charge on any atom is 0.308 e. The Morgan fingerprint density at radius 2 is 1.06 bits per heavy atom. The molecular formula is C21H40O10. The van der Waals surface area contributed by atoms with Gasteiger partial charge in [0.1, 0.15) is 11.9 Å². The third kappa shape index (κ3) is 13.8. The summed E-state index contributed by atoms with van der Waals surface area (Å²) in [7, 11) is 0. The fourth-order valence-electron chi connectivity index (χ4n) is 3.02. The van der Waals surface area contributed by atoms with E-state index in [2.05, 4.69) is 0 Å². The van der Waals surface area contributed by atoms with Crippen LogP contribution in [0.3, 0.4) is 0 Å². The average Bonchev–Trinajstić information content (AvgIpc) is 2.59. The van der Waals surface area contributed by atoms with E-state index in [0.29, 0.717) is 0 Å². The van der Waals surface area contributed by atoms with Crippen molar-refractivity contribution in [2.75, 3.05) is 0 Å². The molecule has 0 aliphatic heterocycles. The monoisotopic (exact) mass is 452 g/mol. The summed E-state index contributed by atoms with van der Waals surface area (Å²) in [4.78, 5) is 24.3. The highest BCUT2D eigenvalue weighted by Crippen LogP contribution is 2.18. The van der Waals surface area contributed by atoms with E-state index in [1.54, 1.807) is 13.8 Å². The quantitative estimate of drug-likeness (QED) is 0.144. The van der Waals surface area contributed by atoms with Crippen molar-refractivity contribution in [3.63, 3.8) is 0 Å². The molecular weight excluding hydrogens is 412 g/mol. The van der Waals surface area contributed by atoms with Crippen LogP contribution in [0.5, 0.6) is 0 Å². The first-order valence-corrected chi connectivity index (χ1v) is 10.7. The van der Waals surface area contributed by atoms with E-state index in [-0.39, 0.29) is 43.8 Å². The highest BCUT2D eigenvalue weighted by molar-refractivity contribution is 5.81. The van der Waals surface area contributed by atoms with Gasteiger partial charge in [0, 0.05) is 38.0 Å². The number of aliphatic hydroxyl groups excluding tert-OH is 7. The first-order valence-electron chi connectivity index (χ1n) is 10.7. The van der Waals surface area contributed by atoms with Gasteiger partial charge in [-0.15, -0.1) is 0 Å². The SMILES string of the molecule is CC(O)CC(O)C(O)CC(O)CC(=O)OC(CC(=O)C(C)C)CC(O)C(O)CC(C)O. The zero-order chi connectivity index (χ0) is 24.3. The third-order valence-corrected chi connectivity index (χ3v) is 4.84. The predicted octanol–water partition coefficient (Wildman–Crippen LogP) is -0.970. The predicted molar refractivity (Wildman–Crippen MR) is 111 cm³/mol. The molecule has 0 aromatic carbocycles. The number of aliphatic hydroxyl groups is 7. The van der Waals surface area contributed by atoms with Gasteiger partial charge in [0.05, 0.1) is 49.1 Å². The lowest BCUT2D eigenvalue weighted by molar-refractivity contribution is -0.156. The van der Waals surface area contributed by atoms with Crippen LogP contribution < -0.4 is 0 Å². The summed E-state index contributed by atoms with van der Waals surface area (Å²) in [6.07, 6.45) is -10.8. The molecule has 0 spiro atoms. The van der Waals surface area contributed by atoms with Gasteiger partial charge < -0.3 is 40.5 Å². The van der Waals surface area contributed by atoms with Crippen LogP contribution in [0.1, 0.15) is 66.2 Å². The van der Waals surface area contributed by atoms with Gasteiger partial charge in [-0.05, 0) is 13.8 Å². The number of ether oxygens (including phenoxy) is 1. The summed E-state index contributed by atoms with van der Waals surface area (Å²) in [6, 6.07) is 0. The minimum atomic E-state index is -1.35. The normalized spacial score (nSPS) is 19.7. The lowest BCUT2D eigenvalue weighted by Gasteiger charge is -2.25. The van der Waals surface area contributed by atoms with Crippen molar-refractivity contribution in [2.45, 2.75) is 115 Å². The van der Waals surface area contributed by atoms with Gasteiger partial charge in [-0.25, -0.2) is 0 Å². The Balaban J connectivity index is 4.89. The maximum atomic E-state index is 12.2. The maximum absolute atomic E-state index is 12.2. The third-order valence-electron chi connectivity index (χ3n) is 4.84. The van der Waals surface area contributed by atoms with E-state index in [1.807, 2.05) is 0 Å². The first kappa shape index (κ1) is 29.9. The molecule has 0 aromatic rings. The van der Waals surface area contributed by atoms with Gasteiger partial charge in [-0.1, -0.05) is 13.8 Å². The molecule has 31 heavy (non-hydrogen) atoms. The van der Waals surface area contributed by atoms with E-state index >= 15 is 0 Å². The number of esters is 1. The molecule has 0 saturated heterocycles. The summed E-state index contributed by atoms with van der Waals surface area (Å²) >= 11 is 0. The number of carbonyl (C=O) groups excluding carboxylic acids is 2. The van der Waals surface area contributed by atoms with Gasteiger partial charge in [0.25, 0.3) is 0 Å². The van der Waals surface area contributed by atoms with Crippen molar-refractivity contribution in [1.29, 1.82) is 0 Å². The number of Topliss-reactive ketones (excluding diaryl/α,β-unsaturated/α-hetero) is 1. The first-order chi connectivity index (χ1) is 14.2. The number of hydrogen-bond donors (Lipinski definition) is 7. The van der Waals surface area contributed by atoms with Gasteiger partial charge in [-0.2, -0.15) is 0 Å². The van der Waals surface area contributed by atoms with Gasteiger partial charge in [0.15, 0.2) is 0 Å². The Morgan fingerprint density at radius 1 is 0.645 bits per heavy atom. The van der Waals surface area contributed by atoms with Crippen molar-refractivity contribution >= 4 is 11.8 Å². The smallest absolute Gasteiger partial charge is 0.308 e. The second kappa shape index (κ2) is 14.8. The van der Waals surface area contributed by atoms with Crippen molar-refractivity contribution in [2.24, 2.45) is 5.92 Å². The van der Waals surface area contributed by atoms with Gasteiger partial charge in [-0.3, -0.25) is 9.59 Å². The number of rotatable bonds is 16. The van der Waals surface area contributed by atoms with Crippen LogP contribution in [0.4, 0.5) is 0 Å². The molecule has 0 saturated carbocycles. The van der Waals surface area contributed by atoms with Crippen molar-refractivity contribution in [1.82, 2.24) is 0 Å². The molecule has 0 aliphatic rings. The van der Waals surface area contributed by atoms with E-state index < -0.39 is 61.2 Å². The second-order valence-corrected chi connectivity index (χ2v) is 8.71. The molecule has 0 aliphatic carbocycles. The Labute approximate surface area is 183 Å². The van der Waals surface area contributed by atoms with Crippen molar-refractivity contribution in [3.8, 4) is 0 Å². The highest BCUT2D eigenvalue weighted by atomic mass is 16.5. The number of ketones is 1. The molecule has 0 radical (unpaired) electrons. The minimum absolute atomic E-state index is 0.0919. The van der Waals surface area contributed by atoms with Crippen LogP contribution in [0, 0.1) is 5.92 Å². The summed E-state index contributed by atoms with van der Waals surface area (Å²) in [6.45, 7) is 6.23. The van der Waals surface area contributed by atoms with Crippen LogP contribution in [0.15, 0.2) is 0 Å². The van der Waals surface area contributed by atoms with E-state index in [0.717, 1.165) is 0 Å². The Bertz CT molecular complexity index is 522. The molecule has 0 heterocycles. The fourth-order valence-corrected chi connectivity index (χ4v) is 3.02. The van der Waals surface area contributed by atoms with Crippen LogP contribution in [0.25, 0.3) is 0 Å². The Morgan fingerprint density at radius 3 is 1.48 bits per heavy atom. The van der Waals surface area contributed by atoms with Crippen LogP contribution in [0.2, 0.25) is 0 Å². The van der Waals surface area contributed by atoms with E-state index in [4.69, 9.17) is 4.74 Å². The molecule has 0 aromatic heterocycles. The Hall–Kier alpha value is -1.14. The second-order valence-electron chi connectivity index (χ2n) is 8.71. The molecule has 0 amide bonds. The largest absolute Gasteiger partial charge is 0.462 e. The molecule has 184 valence electrons. The lowest BCUT2D eigenvalue weighted by Crippen LogP contribution is -2.36. The molecule has 8 unspecified atom stereocenters. The fraction of sp³-hybridized carbons (Fsp3) is 0.905. The summed E-state index contributed by atoms with van der Waals surface area (Å²) in [5.74, 6) is -1.42. The highest BCUT2D eigenvalue weighted by Gasteiger charge is 2.29. The zero-order valence-electron chi connectivity index (χ0n) is 18.8. The molecule has 8 atom stereocenters. The molecule has 10 heteroatoms. The minimum Gasteiger partial charge on any atom is -0.462 e. The van der Waals surface area contributed by atoms with Crippen molar-refractivity contribution < 1.29 is 50.1 Å². The van der Waals surface area contributed by atoms with E-state index in [1.165, 1.54) is 13.8 Å². The topological polar surface area (TPSA) is 185 Å². The molecule has 10 nitrogen and oxygen atoms in total. The van der Waals surface area contributed by atoms with Crippen molar-refractivity contribution in [3.05, 3.63) is 0 Å². The van der Waals surface area contributed by atoms with Gasteiger partial charge in [0.2, 0.25) is 0 Å². The molecule has 0 bridgehead atoms. The van der Waals surface area contributed by atoms with E-state index in [9.17, 15) is 45.3 Å². The van der Waals surface area contributed by atoms with Crippen LogP contribution in [-0.2, 0) is 14.3 Å².